The van der Waals surface area contributed by atoms with Crippen LogP contribution in [0.15, 0.2) is 36.5 Å². The number of benzene rings is 1. The molecule has 1 aliphatic rings. The minimum atomic E-state index is -4.82. The van der Waals surface area contributed by atoms with Gasteiger partial charge in [-0.15, -0.1) is 0 Å². The molecule has 144 valence electrons. The number of nitrogens with zero attached hydrogens (tertiary/aromatic N) is 1. The molecule has 9 heteroatoms. The Morgan fingerprint density at radius 3 is 2.67 bits per heavy atom. The number of aromatic nitrogens is 1. The van der Waals surface area contributed by atoms with Crippen LogP contribution in [0.4, 0.5) is 33.9 Å². The Kier molecular flexibility index (Phi) is 4.71. The number of nitrogens with one attached hydrogen (secondary N) is 3. The molecule has 5 nitrogen and oxygen atoms in total. The molecule has 0 radical (unpaired) electrons. The molecular weight excluding hydrogens is 364 g/mol. The molecule has 27 heavy (non-hydrogen) atoms. The summed E-state index contributed by atoms with van der Waals surface area (Å²) in [5.74, 6) is -0.789. The molecule has 3 rings (SSSR count). The molecule has 1 aromatic carbocycles. The van der Waals surface area contributed by atoms with Crippen molar-refractivity contribution in [1.82, 2.24) is 15.6 Å². The average Bonchev–Trinajstić information content (AvgIpc) is 2.57. The molecule has 0 spiro atoms. The van der Waals surface area contributed by atoms with Gasteiger partial charge >= 0.3 is 12.2 Å². The molecule has 2 amide bonds. The summed E-state index contributed by atoms with van der Waals surface area (Å²) in [7, 11) is 0. The summed E-state index contributed by atoms with van der Waals surface area (Å²) in [6, 6.07) is 4.80. The van der Waals surface area contributed by atoms with Crippen LogP contribution < -0.4 is 16.0 Å². The molecule has 2 heterocycles. The second kappa shape index (κ2) is 6.71. The van der Waals surface area contributed by atoms with Gasteiger partial charge in [0.25, 0.3) is 0 Å². The van der Waals surface area contributed by atoms with Crippen LogP contribution in [0.25, 0.3) is 0 Å². The quantitative estimate of drug-likeness (QED) is 0.707. The van der Waals surface area contributed by atoms with Crippen LogP contribution in [0.3, 0.4) is 0 Å². The molecule has 0 saturated heterocycles. The van der Waals surface area contributed by atoms with Gasteiger partial charge in [0.15, 0.2) is 0 Å². The third-order valence-corrected chi connectivity index (χ3v) is 4.38. The molecule has 0 saturated carbocycles. The zero-order valence-electron chi connectivity index (χ0n) is 14.6. The second-order valence-corrected chi connectivity index (χ2v) is 6.60. The van der Waals surface area contributed by atoms with Crippen molar-refractivity contribution in [2.75, 3.05) is 11.9 Å². The zero-order valence-corrected chi connectivity index (χ0v) is 14.6. The number of hydrogen-bond donors (Lipinski definition) is 3. The van der Waals surface area contributed by atoms with Crippen LogP contribution in [0.1, 0.15) is 25.0 Å². The minimum absolute atomic E-state index is 0.0139. The fraction of sp³-hybridized carbons (Fsp3) is 0.333. The third kappa shape index (κ3) is 3.29. The predicted molar refractivity (Wildman–Crippen MR) is 92.4 cm³/mol. The molecule has 1 aromatic heterocycles. The molecule has 1 atom stereocenters. The summed E-state index contributed by atoms with van der Waals surface area (Å²) in [5, 5.41) is 7.58. The van der Waals surface area contributed by atoms with E-state index in [1.54, 1.807) is 13.8 Å². The highest BCUT2D eigenvalue weighted by molar-refractivity contribution is 5.77. The molecule has 0 aliphatic carbocycles. The van der Waals surface area contributed by atoms with Gasteiger partial charge in [0.1, 0.15) is 17.1 Å². The maximum atomic E-state index is 14.4. The van der Waals surface area contributed by atoms with Gasteiger partial charge in [0.2, 0.25) is 0 Å². The van der Waals surface area contributed by atoms with Crippen LogP contribution in [0.2, 0.25) is 0 Å². The number of urea groups is 1. The predicted octanol–water partition coefficient (Wildman–Crippen LogP) is 3.83. The Morgan fingerprint density at radius 2 is 2.00 bits per heavy atom. The molecule has 0 bridgehead atoms. The largest absolute Gasteiger partial charge is 0.404 e. The highest BCUT2D eigenvalue weighted by Crippen LogP contribution is 2.53. The summed E-state index contributed by atoms with van der Waals surface area (Å²) in [4.78, 5) is 16.0. The fourth-order valence-electron chi connectivity index (χ4n) is 3.22. The summed E-state index contributed by atoms with van der Waals surface area (Å²) >= 11 is 0. The lowest BCUT2D eigenvalue weighted by molar-refractivity contribution is -0.176. The maximum absolute atomic E-state index is 14.4. The van der Waals surface area contributed by atoms with Crippen molar-refractivity contribution in [3.8, 4) is 0 Å². The van der Waals surface area contributed by atoms with Crippen molar-refractivity contribution in [1.29, 1.82) is 0 Å². The van der Waals surface area contributed by atoms with E-state index in [-0.39, 0.29) is 28.7 Å². The van der Waals surface area contributed by atoms with Gasteiger partial charge in [0, 0.05) is 35.6 Å². The lowest BCUT2D eigenvalue weighted by atomic mass is 9.71. The van der Waals surface area contributed by atoms with Crippen LogP contribution in [-0.4, -0.2) is 29.8 Å². The lowest BCUT2D eigenvalue weighted by Gasteiger charge is -2.41. The number of carbonyl (C=O) groups is 1. The fourth-order valence-corrected chi connectivity index (χ4v) is 3.22. The Hall–Kier alpha value is -2.84. The summed E-state index contributed by atoms with van der Waals surface area (Å²) < 4.78 is 57.2. The van der Waals surface area contributed by atoms with E-state index >= 15 is 0 Å². The van der Waals surface area contributed by atoms with Gasteiger partial charge < -0.3 is 16.0 Å². The number of rotatable bonds is 3. The Balaban J connectivity index is 2.17. The molecular formula is C18H18F4N4O. The number of alkyl halides is 3. The van der Waals surface area contributed by atoms with E-state index in [1.165, 1.54) is 24.4 Å². The first-order valence-electron chi connectivity index (χ1n) is 8.29. The van der Waals surface area contributed by atoms with Gasteiger partial charge in [-0.3, -0.25) is 0 Å². The van der Waals surface area contributed by atoms with Crippen LogP contribution in [0.5, 0.6) is 0 Å². The Morgan fingerprint density at radius 1 is 1.26 bits per heavy atom. The monoisotopic (exact) mass is 382 g/mol. The number of amides is 2. The Labute approximate surface area is 153 Å². The van der Waals surface area contributed by atoms with Crippen molar-refractivity contribution >= 4 is 17.5 Å². The normalized spacial score (nSPS) is 18.3. The van der Waals surface area contributed by atoms with Crippen molar-refractivity contribution in [3.05, 3.63) is 53.5 Å². The third-order valence-electron chi connectivity index (χ3n) is 4.38. The SMILES string of the molecule is CC(C)NC(=O)NCC1(C(F)(F)F)c2cc(F)ccc2Nc2ncccc21. The van der Waals surface area contributed by atoms with Gasteiger partial charge in [-0.2, -0.15) is 13.2 Å². The summed E-state index contributed by atoms with van der Waals surface area (Å²) in [6.45, 7) is 2.58. The number of fused-ring (bicyclic) bond motifs is 2. The first-order chi connectivity index (χ1) is 12.6. The van der Waals surface area contributed by atoms with E-state index in [4.69, 9.17) is 0 Å². The number of anilines is 2. The van der Waals surface area contributed by atoms with Gasteiger partial charge in [-0.1, -0.05) is 6.07 Å². The standard InChI is InChI=1S/C18H18F4N4O/c1-10(2)25-16(27)24-9-17(18(20,21)22)12-4-3-7-23-15(12)26-14-6-5-11(19)8-13(14)17/h3-8,10H,9H2,1-2H3,(H,23,26)(H2,24,25,27). The van der Waals surface area contributed by atoms with Crippen LogP contribution in [-0.2, 0) is 5.41 Å². The molecule has 1 unspecified atom stereocenters. The number of hydrogen-bond acceptors (Lipinski definition) is 3. The van der Waals surface area contributed by atoms with E-state index in [0.717, 1.165) is 12.1 Å². The van der Waals surface area contributed by atoms with E-state index in [0.29, 0.717) is 0 Å². The lowest BCUT2D eigenvalue weighted by Crippen LogP contribution is -2.55. The zero-order chi connectivity index (χ0) is 19.8. The topological polar surface area (TPSA) is 66.1 Å². The summed E-state index contributed by atoms with van der Waals surface area (Å²) in [6.07, 6.45) is -3.46. The average molecular weight is 382 g/mol. The highest BCUT2D eigenvalue weighted by Gasteiger charge is 2.60. The summed E-state index contributed by atoms with van der Waals surface area (Å²) in [5.41, 5.74) is -3.04. The van der Waals surface area contributed by atoms with Crippen LogP contribution >= 0.6 is 0 Å². The van der Waals surface area contributed by atoms with Crippen molar-refractivity contribution in [3.63, 3.8) is 0 Å². The van der Waals surface area contributed by atoms with E-state index < -0.39 is 30.0 Å². The number of pyridine rings is 1. The first-order valence-corrected chi connectivity index (χ1v) is 8.29. The van der Waals surface area contributed by atoms with Crippen LogP contribution in [0, 0.1) is 5.82 Å². The van der Waals surface area contributed by atoms with E-state index in [1.807, 2.05) is 0 Å². The maximum Gasteiger partial charge on any atom is 0.404 e. The highest BCUT2D eigenvalue weighted by atomic mass is 19.4. The molecule has 1 aliphatic heterocycles. The van der Waals surface area contributed by atoms with E-state index in [2.05, 4.69) is 20.9 Å². The van der Waals surface area contributed by atoms with Crippen molar-refractivity contribution in [2.24, 2.45) is 0 Å². The molecule has 0 fully saturated rings. The van der Waals surface area contributed by atoms with Gasteiger partial charge in [-0.05, 0) is 38.1 Å². The molecule has 2 aromatic rings. The Bertz CT molecular complexity index is 869. The number of halogens is 4. The van der Waals surface area contributed by atoms with Gasteiger partial charge in [-0.25, -0.2) is 14.2 Å². The van der Waals surface area contributed by atoms with Crippen molar-refractivity contribution in [2.45, 2.75) is 31.5 Å². The van der Waals surface area contributed by atoms with Crippen molar-refractivity contribution < 1.29 is 22.4 Å². The smallest absolute Gasteiger partial charge is 0.340 e. The van der Waals surface area contributed by atoms with E-state index in [9.17, 15) is 22.4 Å². The van der Waals surface area contributed by atoms with Gasteiger partial charge in [0.05, 0.1) is 0 Å². The minimum Gasteiger partial charge on any atom is -0.340 e. The molecule has 3 N–H and O–H groups in total. The number of carbonyl (C=O) groups excluding carboxylic acids is 1. The second-order valence-electron chi connectivity index (χ2n) is 6.60. The first kappa shape index (κ1) is 18.9.